The number of hydroxylamine groups is 2. The molecule has 0 bridgehead atoms. The zero-order valence-electron chi connectivity index (χ0n) is 11.5. The van der Waals surface area contributed by atoms with Gasteiger partial charge in [0, 0.05) is 0 Å². The summed E-state index contributed by atoms with van der Waals surface area (Å²) in [6.45, 7) is 1.89. The van der Waals surface area contributed by atoms with E-state index in [1.165, 1.54) is 12.1 Å². The van der Waals surface area contributed by atoms with E-state index in [1.54, 1.807) is 36.4 Å². The predicted octanol–water partition coefficient (Wildman–Crippen LogP) is 2.18. The average molecular weight is 317 g/mol. The van der Waals surface area contributed by atoms with Crippen LogP contribution in [0.1, 0.15) is 26.3 Å². The summed E-state index contributed by atoms with van der Waals surface area (Å²) in [5.41, 5.74) is 1.44. The Kier molecular flexibility index (Phi) is 3.84. The minimum absolute atomic E-state index is 0.220. The lowest BCUT2D eigenvalue weighted by Gasteiger charge is -2.10. The predicted molar refractivity (Wildman–Crippen MR) is 76.7 cm³/mol. The molecule has 2 amide bonds. The van der Waals surface area contributed by atoms with Crippen LogP contribution in [0.15, 0.2) is 53.4 Å². The molecule has 3 rings (SSSR count). The topological polar surface area (TPSA) is 72.9 Å². The monoisotopic (exact) mass is 317 g/mol. The molecule has 2 aromatic rings. The lowest BCUT2D eigenvalue weighted by atomic mass is 10.1. The molecular weight excluding hydrogens is 306 g/mol. The lowest BCUT2D eigenvalue weighted by molar-refractivity contribution is -0.312. The second-order valence-electron chi connectivity index (χ2n) is 4.64. The molecule has 0 aliphatic carbocycles. The number of hydrogen-bond acceptors (Lipinski definition) is 5. The van der Waals surface area contributed by atoms with Crippen LogP contribution in [0.2, 0.25) is 0 Å². The van der Waals surface area contributed by atoms with Crippen molar-refractivity contribution in [1.82, 2.24) is 5.06 Å². The maximum absolute atomic E-state index is 12.0. The van der Waals surface area contributed by atoms with Crippen LogP contribution in [0.3, 0.4) is 0 Å². The first-order valence-corrected chi connectivity index (χ1v) is 7.47. The van der Waals surface area contributed by atoms with Crippen LogP contribution in [-0.2, 0) is 20.4 Å². The second kappa shape index (κ2) is 5.80. The third kappa shape index (κ3) is 2.57. The molecule has 1 aliphatic heterocycles. The highest BCUT2D eigenvalue weighted by Gasteiger charge is 2.38. The number of carbonyl (C=O) groups is 2. The fraction of sp³-hybridized carbons (Fsp3) is 0.0667. The number of rotatable bonds is 4. The number of fused-ring (bicyclic) bond motifs is 1. The first-order chi connectivity index (χ1) is 10.6. The molecule has 1 aliphatic rings. The molecule has 0 spiro atoms. The molecule has 0 N–H and O–H groups in total. The van der Waals surface area contributed by atoms with Gasteiger partial charge in [-0.1, -0.05) is 34.8 Å². The maximum Gasteiger partial charge on any atom is 0.288 e. The van der Waals surface area contributed by atoms with Gasteiger partial charge in [0.1, 0.15) is 0 Å². The molecule has 0 saturated heterocycles. The molecule has 1 atom stereocenters. The quantitative estimate of drug-likeness (QED) is 0.491. The number of benzene rings is 2. The van der Waals surface area contributed by atoms with Crippen LogP contribution in [-0.4, -0.2) is 21.1 Å². The van der Waals surface area contributed by atoms with Crippen molar-refractivity contribution in [3.05, 3.63) is 65.2 Å². The number of amides is 2. The van der Waals surface area contributed by atoms with E-state index in [2.05, 4.69) is 4.33 Å². The lowest BCUT2D eigenvalue weighted by Crippen LogP contribution is -2.30. The highest BCUT2D eigenvalue weighted by atomic mass is 32.2. The van der Waals surface area contributed by atoms with E-state index in [-0.39, 0.29) is 11.1 Å². The Morgan fingerprint density at radius 1 is 0.909 bits per heavy atom. The molecule has 0 saturated carbocycles. The van der Waals surface area contributed by atoms with Gasteiger partial charge in [-0.3, -0.25) is 9.59 Å². The van der Waals surface area contributed by atoms with Crippen molar-refractivity contribution in [3.8, 4) is 0 Å². The summed E-state index contributed by atoms with van der Waals surface area (Å²) in [7, 11) is 0. The van der Waals surface area contributed by atoms with Crippen molar-refractivity contribution < 1.29 is 23.1 Å². The van der Waals surface area contributed by atoms with Crippen molar-refractivity contribution in [3.63, 3.8) is 0 Å². The van der Waals surface area contributed by atoms with Gasteiger partial charge in [0.15, 0.2) is 0 Å². The van der Waals surface area contributed by atoms with Crippen LogP contribution in [0.5, 0.6) is 0 Å². The molecule has 7 heteroatoms. The molecule has 1 unspecified atom stereocenters. The van der Waals surface area contributed by atoms with Gasteiger partial charge in [-0.2, -0.15) is 0 Å². The van der Waals surface area contributed by atoms with Crippen molar-refractivity contribution in [2.75, 3.05) is 0 Å². The Bertz CT molecular complexity index is 737. The highest BCUT2D eigenvalue weighted by molar-refractivity contribution is 7.80. The summed E-state index contributed by atoms with van der Waals surface area (Å²) >= 11 is -1.95. The standard InChI is InChI=1S/C15H11NO5S/c1-10-6-8-11(9-7-10)22(19)21-20-16-14(17)12-4-2-3-5-13(12)15(16)18/h2-9H,1H3. The van der Waals surface area contributed by atoms with E-state index in [1.807, 2.05) is 6.92 Å². The maximum atomic E-state index is 12.0. The Morgan fingerprint density at radius 2 is 1.45 bits per heavy atom. The van der Waals surface area contributed by atoms with Crippen LogP contribution in [0, 0.1) is 6.92 Å². The van der Waals surface area contributed by atoms with Crippen molar-refractivity contribution in [2.45, 2.75) is 11.8 Å². The fourth-order valence-electron chi connectivity index (χ4n) is 1.98. The summed E-state index contributed by atoms with van der Waals surface area (Å²) in [6, 6.07) is 13.0. The van der Waals surface area contributed by atoms with Gasteiger partial charge in [-0.05, 0) is 31.2 Å². The van der Waals surface area contributed by atoms with Crippen molar-refractivity contribution in [1.29, 1.82) is 0 Å². The highest BCUT2D eigenvalue weighted by Crippen LogP contribution is 2.23. The van der Waals surface area contributed by atoms with Gasteiger partial charge in [0.25, 0.3) is 11.8 Å². The molecule has 2 aromatic carbocycles. The largest absolute Gasteiger partial charge is 0.288 e. The smallest absolute Gasteiger partial charge is 0.266 e. The van der Waals surface area contributed by atoms with Gasteiger partial charge in [-0.25, -0.2) is 4.21 Å². The Morgan fingerprint density at radius 3 is 2.00 bits per heavy atom. The molecule has 0 aromatic heterocycles. The summed E-state index contributed by atoms with van der Waals surface area (Å²) in [5.74, 6) is -1.30. The van der Waals surface area contributed by atoms with Gasteiger partial charge in [0.2, 0.25) is 11.1 Å². The summed E-state index contributed by atoms with van der Waals surface area (Å²) in [5, 5.41) is 0.455. The van der Waals surface area contributed by atoms with Crippen molar-refractivity contribution in [2.24, 2.45) is 0 Å². The normalized spacial score (nSPS) is 15.0. The van der Waals surface area contributed by atoms with Crippen LogP contribution < -0.4 is 0 Å². The summed E-state index contributed by atoms with van der Waals surface area (Å²) in [4.78, 5) is 29.1. The average Bonchev–Trinajstić information content (AvgIpc) is 2.78. The zero-order valence-corrected chi connectivity index (χ0v) is 12.3. The van der Waals surface area contributed by atoms with E-state index < -0.39 is 22.9 Å². The minimum Gasteiger partial charge on any atom is -0.266 e. The number of hydrogen-bond donors (Lipinski definition) is 0. The SMILES string of the molecule is Cc1ccc(S(=O)OON2C(=O)c3ccccc3C2=O)cc1. The molecule has 0 radical (unpaired) electrons. The number of aryl methyl sites for hydroxylation is 1. The fourth-order valence-corrected chi connectivity index (χ4v) is 2.53. The third-order valence-electron chi connectivity index (χ3n) is 3.14. The molecule has 6 nitrogen and oxygen atoms in total. The number of imide groups is 1. The number of nitrogens with zero attached hydrogens (tertiary/aromatic N) is 1. The van der Waals surface area contributed by atoms with Crippen molar-refractivity contribution >= 4 is 22.9 Å². The Hall–Kier alpha value is -2.35. The van der Waals surface area contributed by atoms with Gasteiger partial charge in [-0.15, -0.1) is 9.40 Å². The van der Waals surface area contributed by atoms with Crippen LogP contribution in [0.25, 0.3) is 0 Å². The van der Waals surface area contributed by atoms with E-state index in [0.29, 0.717) is 9.96 Å². The van der Waals surface area contributed by atoms with Crippen LogP contribution in [0.4, 0.5) is 0 Å². The van der Waals surface area contributed by atoms with Crippen LogP contribution >= 0.6 is 0 Å². The third-order valence-corrected chi connectivity index (χ3v) is 3.98. The first kappa shape index (κ1) is 14.6. The molecular formula is C15H11NO5S. The zero-order chi connectivity index (χ0) is 15.7. The minimum atomic E-state index is -1.95. The molecule has 1 heterocycles. The summed E-state index contributed by atoms with van der Waals surface area (Å²) < 4.78 is 16.6. The van der Waals surface area contributed by atoms with Gasteiger partial charge in [0.05, 0.1) is 16.0 Å². The molecule has 0 fully saturated rings. The van der Waals surface area contributed by atoms with E-state index in [9.17, 15) is 13.8 Å². The van der Waals surface area contributed by atoms with Gasteiger partial charge < -0.3 is 0 Å². The Labute approximate surface area is 128 Å². The second-order valence-corrected chi connectivity index (χ2v) is 5.72. The Balaban J connectivity index is 1.70. The summed E-state index contributed by atoms with van der Waals surface area (Å²) in [6.07, 6.45) is 0. The molecule has 22 heavy (non-hydrogen) atoms. The number of carbonyl (C=O) groups excluding carboxylic acids is 2. The van der Waals surface area contributed by atoms with E-state index in [4.69, 9.17) is 4.99 Å². The molecule has 112 valence electrons. The van der Waals surface area contributed by atoms with Gasteiger partial charge >= 0.3 is 0 Å². The van der Waals surface area contributed by atoms with E-state index in [0.717, 1.165) is 5.56 Å². The van der Waals surface area contributed by atoms with E-state index >= 15 is 0 Å². The first-order valence-electron chi connectivity index (χ1n) is 6.39.